The molecule has 4 heteroatoms. The Hall–Kier alpha value is -3.37. The van der Waals surface area contributed by atoms with Crippen LogP contribution in [0.2, 0.25) is 0 Å². The van der Waals surface area contributed by atoms with Crippen LogP contribution < -0.4 is 0 Å². The maximum Gasteiger partial charge on any atom is 0.196 e. The van der Waals surface area contributed by atoms with Crippen LogP contribution in [0.1, 0.15) is 11.1 Å². The molecule has 0 fully saturated rings. The van der Waals surface area contributed by atoms with E-state index in [9.17, 15) is 0 Å². The van der Waals surface area contributed by atoms with E-state index in [-0.39, 0.29) is 0 Å². The van der Waals surface area contributed by atoms with Crippen molar-refractivity contribution in [3.63, 3.8) is 0 Å². The van der Waals surface area contributed by atoms with Crippen LogP contribution in [0.15, 0.2) is 102 Å². The first-order chi connectivity index (χ1) is 14.8. The number of hydrogen-bond acceptors (Lipinski definition) is 3. The Balaban J connectivity index is 1.56. The number of aryl methyl sites for hydroxylation is 1. The van der Waals surface area contributed by atoms with Crippen molar-refractivity contribution in [3.05, 3.63) is 108 Å². The predicted molar refractivity (Wildman–Crippen MR) is 125 cm³/mol. The Morgan fingerprint density at radius 2 is 1.53 bits per heavy atom. The summed E-state index contributed by atoms with van der Waals surface area (Å²) in [7, 11) is 0. The molecule has 0 bridgehead atoms. The first-order valence-corrected chi connectivity index (χ1v) is 11.0. The lowest BCUT2D eigenvalue weighted by molar-refractivity contribution is 0.885. The quantitative estimate of drug-likeness (QED) is 0.304. The van der Waals surface area contributed by atoms with Gasteiger partial charge in [0.05, 0.1) is 0 Å². The van der Waals surface area contributed by atoms with Crippen LogP contribution in [0.3, 0.4) is 0 Å². The molecule has 0 radical (unpaired) electrons. The Morgan fingerprint density at radius 3 is 2.40 bits per heavy atom. The van der Waals surface area contributed by atoms with E-state index in [1.54, 1.807) is 11.8 Å². The molecule has 30 heavy (non-hydrogen) atoms. The van der Waals surface area contributed by atoms with Crippen molar-refractivity contribution in [1.82, 2.24) is 14.8 Å². The zero-order chi connectivity index (χ0) is 20.3. The van der Waals surface area contributed by atoms with Gasteiger partial charge in [-0.05, 0) is 41.0 Å². The van der Waals surface area contributed by atoms with Crippen molar-refractivity contribution in [2.24, 2.45) is 0 Å². The third-order valence-electron chi connectivity index (χ3n) is 5.16. The summed E-state index contributed by atoms with van der Waals surface area (Å²) in [5, 5.41) is 12.6. The average Bonchev–Trinajstić information content (AvgIpc) is 3.22. The Morgan fingerprint density at radius 1 is 0.767 bits per heavy atom. The SMILES string of the molecule is Cc1cccc(-n2c(SCc3cccc4ccccc34)nnc2-c2ccccc2)c1. The highest BCUT2D eigenvalue weighted by Gasteiger charge is 2.16. The lowest BCUT2D eigenvalue weighted by Crippen LogP contribution is -2.00. The largest absolute Gasteiger partial charge is 0.270 e. The summed E-state index contributed by atoms with van der Waals surface area (Å²) >= 11 is 1.72. The average molecular weight is 408 g/mol. The molecular weight excluding hydrogens is 386 g/mol. The molecule has 0 spiro atoms. The summed E-state index contributed by atoms with van der Waals surface area (Å²) in [4.78, 5) is 0. The van der Waals surface area contributed by atoms with Crippen molar-refractivity contribution in [1.29, 1.82) is 0 Å². The molecule has 0 unspecified atom stereocenters. The van der Waals surface area contributed by atoms with E-state index in [4.69, 9.17) is 0 Å². The van der Waals surface area contributed by atoms with Gasteiger partial charge >= 0.3 is 0 Å². The summed E-state index contributed by atoms with van der Waals surface area (Å²) in [6.45, 7) is 2.11. The van der Waals surface area contributed by atoms with Gasteiger partial charge in [-0.3, -0.25) is 4.57 Å². The van der Waals surface area contributed by atoms with Gasteiger partial charge in [0.2, 0.25) is 0 Å². The van der Waals surface area contributed by atoms with Gasteiger partial charge in [0.1, 0.15) is 0 Å². The highest BCUT2D eigenvalue weighted by atomic mass is 32.2. The van der Waals surface area contributed by atoms with Gasteiger partial charge in [-0.2, -0.15) is 0 Å². The lowest BCUT2D eigenvalue weighted by atomic mass is 10.1. The number of fused-ring (bicyclic) bond motifs is 1. The van der Waals surface area contributed by atoms with Gasteiger partial charge in [-0.1, -0.05) is 96.7 Å². The van der Waals surface area contributed by atoms with E-state index in [0.717, 1.165) is 28.0 Å². The third kappa shape index (κ3) is 3.62. The van der Waals surface area contributed by atoms with Gasteiger partial charge in [0.15, 0.2) is 11.0 Å². The summed E-state index contributed by atoms with van der Waals surface area (Å²) in [5.74, 6) is 1.70. The topological polar surface area (TPSA) is 30.7 Å². The standard InChI is InChI=1S/C26H21N3S/c1-19-9-7-15-23(17-19)29-25(21-11-3-2-4-12-21)27-28-26(29)30-18-22-14-8-13-20-10-5-6-16-24(20)22/h2-17H,18H2,1H3. The van der Waals surface area contributed by atoms with Crippen molar-refractivity contribution in [2.75, 3.05) is 0 Å². The number of hydrogen-bond donors (Lipinski definition) is 0. The van der Waals surface area contributed by atoms with Crippen LogP contribution in [0.5, 0.6) is 0 Å². The highest BCUT2D eigenvalue weighted by Crippen LogP contribution is 2.31. The maximum absolute atomic E-state index is 4.57. The molecule has 3 nitrogen and oxygen atoms in total. The summed E-state index contributed by atoms with van der Waals surface area (Å²) in [6.07, 6.45) is 0. The monoisotopic (exact) mass is 407 g/mol. The molecule has 0 atom stereocenters. The third-order valence-corrected chi connectivity index (χ3v) is 6.14. The van der Waals surface area contributed by atoms with Gasteiger partial charge in [-0.15, -0.1) is 10.2 Å². The van der Waals surface area contributed by atoms with E-state index in [2.05, 4.69) is 101 Å². The van der Waals surface area contributed by atoms with Gasteiger partial charge in [-0.25, -0.2) is 0 Å². The molecule has 5 aromatic rings. The number of thioether (sulfide) groups is 1. The van der Waals surface area contributed by atoms with E-state index in [0.29, 0.717) is 0 Å². The number of aromatic nitrogens is 3. The molecule has 1 aromatic heterocycles. The number of rotatable bonds is 5. The lowest BCUT2D eigenvalue weighted by Gasteiger charge is -2.12. The maximum atomic E-state index is 4.57. The zero-order valence-electron chi connectivity index (χ0n) is 16.7. The van der Waals surface area contributed by atoms with Crippen LogP contribution >= 0.6 is 11.8 Å². The molecule has 5 rings (SSSR count). The molecule has 0 aliphatic rings. The Kier molecular flexibility index (Phi) is 5.08. The molecule has 0 N–H and O–H groups in total. The van der Waals surface area contributed by atoms with Crippen molar-refractivity contribution >= 4 is 22.5 Å². The molecule has 4 aromatic carbocycles. The second-order valence-electron chi connectivity index (χ2n) is 7.27. The fourth-order valence-corrected chi connectivity index (χ4v) is 4.65. The zero-order valence-corrected chi connectivity index (χ0v) is 17.5. The van der Waals surface area contributed by atoms with Crippen molar-refractivity contribution < 1.29 is 0 Å². The molecule has 0 saturated heterocycles. The first-order valence-electron chi connectivity index (χ1n) is 9.97. The molecule has 146 valence electrons. The summed E-state index contributed by atoms with van der Waals surface area (Å²) in [6, 6.07) is 33.7. The molecule has 0 amide bonds. The van der Waals surface area contributed by atoms with Gasteiger partial charge in [0, 0.05) is 17.0 Å². The molecule has 0 aliphatic carbocycles. The van der Waals surface area contributed by atoms with E-state index in [1.165, 1.54) is 21.9 Å². The van der Waals surface area contributed by atoms with Crippen LogP contribution in [-0.4, -0.2) is 14.8 Å². The minimum atomic E-state index is 0.833. The summed E-state index contributed by atoms with van der Waals surface area (Å²) < 4.78 is 2.16. The van der Waals surface area contributed by atoms with Crippen molar-refractivity contribution in [3.8, 4) is 17.1 Å². The minimum Gasteiger partial charge on any atom is -0.270 e. The second kappa shape index (κ2) is 8.17. The van der Waals surface area contributed by atoms with E-state index < -0.39 is 0 Å². The fourth-order valence-electron chi connectivity index (χ4n) is 3.70. The molecule has 0 saturated carbocycles. The van der Waals surface area contributed by atoms with Crippen LogP contribution in [0.25, 0.3) is 27.8 Å². The number of benzene rings is 4. The predicted octanol–water partition coefficient (Wildman–Crippen LogP) is 6.69. The van der Waals surface area contributed by atoms with Crippen molar-refractivity contribution in [2.45, 2.75) is 17.8 Å². The Bertz CT molecular complexity index is 1300. The van der Waals surface area contributed by atoms with E-state index >= 15 is 0 Å². The summed E-state index contributed by atoms with van der Waals surface area (Å²) in [5.41, 5.74) is 4.66. The molecular formula is C26H21N3S. The van der Waals surface area contributed by atoms with Crippen LogP contribution in [0, 0.1) is 6.92 Å². The molecule has 0 aliphatic heterocycles. The second-order valence-corrected chi connectivity index (χ2v) is 8.22. The fraction of sp³-hybridized carbons (Fsp3) is 0.0769. The Labute approximate surface area is 180 Å². The van der Waals surface area contributed by atoms with Gasteiger partial charge in [0.25, 0.3) is 0 Å². The normalized spacial score (nSPS) is 11.1. The molecule has 1 heterocycles. The highest BCUT2D eigenvalue weighted by molar-refractivity contribution is 7.98. The van der Waals surface area contributed by atoms with Crippen LogP contribution in [-0.2, 0) is 5.75 Å². The van der Waals surface area contributed by atoms with Gasteiger partial charge < -0.3 is 0 Å². The smallest absolute Gasteiger partial charge is 0.196 e. The first kappa shape index (κ1) is 18.6. The van der Waals surface area contributed by atoms with E-state index in [1.807, 2.05) is 18.2 Å². The minimum absolute atomic E-state index is 0.833. The van der Waals surface area contributed by atoms with Crippen LogP contribution in [0.4, 0.5) is 0 Å². The number of nitrogens with zero attached hydrogens (tertiary/aromatic N) is 3.